The summed E-state index contributed by atoms with van der Waals surface area (Å²) in [5, 5.41) is 6.01. The Morgan fingerprint density at radius 3 is 2.72 bits per heavy atom. The molecule has 0 aliphatic carbocycles. The number of benzene rings is 1. The summed E-state index contributed by atoms with van der Waals surface area (Å²) in [4.78, 5) is 3.96. The molecule has 0 saturated carbocycles. The summed E-state index contributed by atoms with van der Waals surface area (Å²) in [5.41, 5.74) is 1.97. The maximum absolute atomic E-state index is 13.1. The fraction of sp³-hybridized carbons (Fsp3) is 0. The van der Waals surface area contributed by atoms with Gasteiger partial charge in [-0.25, -0.2) is 9.37 Å². The Bertz CT molecular complexity index is 739. The molecule has 0 spiro atoms. The van der Waals surface area contributed by atoms with E-state index in [0.717, 1.165) is 0 Å². The Morgan fingerprint density at radius 2 is 1.94 bits per heavy atom. The van der Waals surface area contributed by atoms with Gasteiger partial charge < -0.3 is 0 Å². The monoisotopic (exact) mass is 265 g/mol. The smallest absolute Gasteiger partial charge is 0.235 e. The quantitative estimate of drug-likeness (QED) is 0.731. The minimum atomic E-state index is -0.575. The molecule has 0 bridgehead atoms. The lowest BCUT2D eigenvalue weighted by molar-refractivity contribution is 0.586. The number of aromatic nitrogens is 3. The SMILES string of the molecule is Fc1ccc(-c2cnc3c(F)[nH]nc3c2)cc1Cl. The van der Waals surface area contributed by atoms with Crippen LogP contribution in [-0.2, 0) is 0 Å². The molecule has 3 aromatic rings. The van der Waals surface area contributed by atoms with Crippen LogP contribution in [0.25, 0.3) is 22.2 Å². The van der Waals surface area contributed by atoms with E-state index in [1.165, 1.54) is 18.3 Å². The third-order valence-electron chi connectivity index (χ3n) is 2.60. The Balaban J connectivity index is 2.16. The average molecular weight is 266 g/mol. The van der Waals surface area contributed by atoms with Crippen molar-refractivity contribution in [2.75, 3.05) is 0 Å². The lowest BCUT2D eigenvalue weighted by Gasteiger charge is -2.02. The molecule has 6 heteroatoms. The zero-order valence-electron chi connectivity index (χ0n) is 8.92. The number of nitrogens with zero attached hydrogens (tertiary/aromatic N) is 2. The summed E-state index contributed by atoms with van der Waals surface area (Å²) in [6, 6.07) is 5.99. The number of hydrogen-bond donors (Lipinski definition) is 1. The number of aromatic amines is 1. The van der Waals surface area contributed by atoms with Gasteiger partial charge in [0.05, 0.1) is 5.02 Å². The van der Waals surface area contributed by atoms with Crippen LogP contribution in [-0.4, -0.2) is 15.2 Å². The van der Waals surface area contributed by atoms with Crippen molar-refractivity contribution in [1.82, 2.24) is 15.2 Å². The van der Waals surface area contributed by atoms with Crippen LogP contribution in [0.5, 0.6) is 0 Å². The largest absolute Gasteiger partial charge is 0.251 e. The molecule has 0 aliphatic rings. The van der Waals surface area contributed by atoms with E-state index in [9.17, 15) is 8.78 Å². The van der Waals surface area contributed by atoms with Gasteiger partial charge in [-0.15, -0.1) is 0 Å². The van der Waals surface area contributed by atoms with Crippen molar-refractivity contribution >= 4 is 22.6 Å². The van der Waals surface area contributed by atoms with Crippen LogP contribution in [0.3, 0.4) is 0 Å². The number of hydrogen-bond acceptors (Lipinski definition) is 2. The van der Waals surface area contributed by atoms with Crippen LogP contribution in [0.2, 0.25) is 5.02 Å². The molecule has 2 heterocycles. The normalized spacial score (nSPS) is 11.1. The van der Waals surface area contributed by atoms with Crippen molar-refractivity contribution in [2.24, 2.45) is 0 Å². The Labute approximate surface area is 105 Å². The average Bonchev–Trinajstić information content (AvgIpc) is 2.74. The fourth-order valence-electron chi connectivity index (χ4n) is 1.70. The number of pyridine rings is 1. The standard InChI is InChI=1S/C12H6ClF2N3/c13-8-3-6(1-2-9(8)14)7-4-10-11(16-5-7)12(15)18-17-10/h1-5H,(H,17,18). The van der Waals surface area contributed by atoms with Crippen LogP contribution in [0.15, 0.2) is 30.5 Å². The van der Waals surface area contributed by atoms with Gasteiger partial charge in [0, 0.05) is 11.8 Å². The van der Waals surface area contributed by atoms with E-state index in [1.807, 2.05) is 0 Å². The summed E-state index contributed by atoms with van der Waals surface area (Å²) < 4.78 is 26.2. The van der Waals surface area contributed by atoms with Gasteiger partial charge in [-0.2, -0.15) is 9.49 Å². The molecular formula is C12H6ClF2N3. The highest BCUT2D eigenvalue weighted by Crippen LogP contribution is 2.26. The van der Waals surface area contributed by atoms with Crippen LogP contribution in [0.4, 0.5) is 8.78 Å². The molecule has 0 radical (unpaired) electrons. The molecule has 0 aliphatic heterocycles. The van der Waals surface area contributed by atoms with E-state index >= 15 is 0 Å². The molecule has 0 amide bonds. The van der Waals surface area contributed by atoms with Crippen molar-refractivity contribution in [3.8, 4) is 11.1 Å². The highest BCUT2D eigenvalue weighted by Gasteiger charge is 2.09. The third kappa shape index (κ3) is 1.73. The van der Waals surface area contributed by atoms with Gasteiger partial charge in [-0.3, -0.25) is 5.10 Å². The van der Waals surface area contributed by atoms with E-state index in [-0.39, 0.29) is 10.5 Å². The van der Waals surface area contributed by atoms with Crippen molar-refractivity contribution in [3.63, 3.8) is 0 Å². The molecule has 3 nitrogen and oxygen atoms in total. The van der Waals surface area contributed by atoms with Crippen molar-refractivity contribution < 1.29 is 8.78 Å². The molecule has 0 saturated heterocycles. The van der Waals surface area contributed by atoms with Crippen molar-refractivity contribution in [3.05, 3.63) is 47.2 Å². The zero-order valence-corrected chi connectivity index (χ0v) is 9.67. The Morgan fingerprint density at radius 1 is 1.11 bits per heavy atom. The highest BCUT2D eigenvalue weighted by atomic mass is 35.5. The van der Waals surface area contributed by atoms with Crippen LogP contribution in [0, 0.1) is 11.8 Å². The molecule has 0 fully saturated rings. The minimum Gasteiger partial charge on any atom is -0.251 e. The van der Waals surface area contributed by atoms with Crippen molar-refractivity contribution in [2.45, 2.75) is 0 Å². The molecule has 1 N–H and O–H groups in total. The molecule has 3 rings (SSSR count). The first-order chi connectivity index (χ1) is 8.65. The number of halogens is 3. The summed E-state index contributed by atoms with van der Waals surface area (Å²) in [7, 11) is 0. The van der Waals surface area contributed by atoms with E-state index < -0.39 is 11.8 Å². The summed E-state index contributed by atoms with van der Waals surface area (Å²) in [5.74, 6) is -1.06. The number of H-pyrrole nitrogens is 1. The van der Waals surface area contributed by atoms with Crippen LogP contribution in [0.1, 0.15) is 0 Å². The maximum Gasteiger partial charge on any atom is 0.235 e. The van der Waals surface area contributed by atoms with Gasteiger partial charge in [0.1, 0.15) is 16.9 Å². The molecular weight excluding hydrogens is 260 g/mol. The lowest BCUT2D eigenvalue weighted by atomic mass is 10.1. The van der Waals surface area contributed by atoms with E-state index in [1.54, 1.807) is 12.1 Å². The van der Waals surface area contributed by atoms with Crippen molar-refractivity contribution in [1.29, 1.82) is 0 Å². The topological polar surface area (TPSA) is 41.6 Å². The summed E-state index contributed by atoms with van der Waals surface area (Å²) in [6.07, 6.45) is 1.49. The predicted molar refractivity (Wildman–Crippen MR) is 64.3 cm³/mol. The summed E-state index contributed by atoms with van der Waals surface area (Å²) in [6.45, 7) is 0. The molecule has 18 heavy (non-hydrogen) atoms. The zero-order chi connectivity index (χ0) is 12.7. The second-order valence-electron chi connectivity index (χ2n) is 3.76. The molecule has 0 atom stereocenters. The summed E-state index contributed by atoms with van der Waals surface area (Å²) >= 11 is 5.71. The lowest BCUT2D eigenvalue weighted by Crippen LogP contribution is -1.84. The second kappa shape index (κ2) is 4.03. The molecule has 2 aromatic heterocycles. The fourth-order valence-corrected chi connectivity index (χ4v) is 1.88. The predicted octanol–water partition coefficient (Wildman–Crippen LogP) is 3.56. The maximum atomic E-state index is 13.1. The van der Waals surface area contributed by atoms with Crippen LogP contribution >= 0.6 is 11.6 Å². The molecule has 0 unspecified atom stereocenters. The first kappa shape index (κ1) is 11.1. The Hall–Kier alpha value is -2.01. The van der Waals surface area contributed by atoms with E-state index in [4.69, 9.17) is 11.6 Å². The first-order valence-electron chi connectivity index (χ1n) is 5.10. The minimum absolute atomic E-state index is 0.0285. The number of rotatable bonds is 1. The number of fused-ring (bicyclic) bond motifs is 1. The first-order valence-corrected chi connectivity index (χ1v) is 5.48. The van der Waals surface area contributed by atoms with E-state index in [2.05, 4.69) is 15.2 Å². The van der Waals surface area contributed by atoms with Gasteiger partial charge in [0.25, 0.3) is 0 Å². The van der Waals surface area contributed by atoms with Gasteiger partial charge in [0.2, 0.25) is 5.95 Å². The van der Waals surface area contributed by atoms with E-state index in [0.29, 0.717) is 16.6 Å². The van der Waals surface area contributed by atoms with Gasteiger partial charge >= 0.3 is 0 Å². The van der Waals surface area contributed by atoms with Crippen LogP contribution < -0.4 is 0 Å². The second-order valence-corrected chi connectivity index (χ2v) is 4.17. The molecule has 1 aromatic carbocycles. The van der Waals surface area contributed by atoms with Gasteiger partial charge in [0.15, 0.2) is 0 Å². The third-order valence-corrected chi connectivity index (χ3v) is 2.89. The number of nitrogens with one attached hydrogen (secondary N) is 1. The highest BCUT2D eigenvalue weighted by molar-refractivity contribution is 6.31. The van der Waals surface area contributed by atoms with Gasteiger partial charge in [-0.05, 0) is 23.8 Å². The van der Waals surface area contributed by atoms with Gasteiger partial charge in [-0.1, -0.05) is 17.7 Å². The Kier molecular flexibility index (Phi) is 2.48. The molecule has 90 valence electrons.